The maximum absolute atomic E-state index is 14.1. The van der Waals surface area contributed by atoms with Gasteiger partial charge < -0.3 is 24.8 Å². The standard InChI is InChI=1S/C34H38Cl2N4O4/c1-38(2)25-14-17-39(18-15-25)32(41)19-22-7-6-16-40(30-13-10-23(35)20-28(22)30)34(43)27-12-11-24(21-31(27)44-3)37-33(42)26-8-4-5-9-29(26)36/h4-5,8-13,20-22,25H,6-7,14-19H2,1-3H3,(H,37,42). The fourth-order valence-corrected chi connectivity index (χ4v) is 6.60. The summed E-state index contributed by atoms with van der Waals surface area (Å²) in [6.45, 7) is 2.01. The van der Waals surface area contributed by atoms with Crippen LogP contribution in [0.25, 0.3) is 0 Å². The maximum Gasteiger partial charge on any atom is 0.262 e. The lowest BCUT2D eigenvalue weighted by Gasteiger charge is -2.36. The van der Waals surface area contributed by atoms with Gasteiger partial charge in [0.1, 0.15) is 5.75 Å². The van der Waals surface area contributed by atoms with Crippen molar-refractivity contribution in [3.8, 4) is 5.75 Å². The van der Waals surface area contributed by atoms with Crippen LogP contribution < -0.4 is 15.0 Å². The second-order valence-corrected chi connectivity index (χ2v) is 12.5. The van der Waals surface area contributed by atoms with Crippen molar-refractivity contribution in [2.75, 3.05) is 51.1 Å². The fraction of sp³-hybridized carbons (Fsp3) is 0.382. The summed E-state index contributed by atoms with van der Waals surface area (Å²) < 4.78 is 5.61. The molecule has 1 atom stereocenters. The van der Waals surface area contributed by atoms with E-state index in [0.29, 0.717) is 51.6 Å². The number of fused-ring (bicyclic) bond motifs is 1. The smallest absolute Gasteiger partial charge is 0.262 e. The van der Waals surface area contributed by atoms with Gasteiger partial charge in [0.2, 0.25) is 5.91 Å². The third kappa shape index (κ3) is 7.04. The highest BCUT2D eigenvalue weighted by Gasteiger charge is 2.32. The number of hydrogen-bond donors (Lipinski definition) is 1. The third-order valence-electron chi connectivity index (χ3n) is 8.68. The summed E-state index contributed by atoms with van der Waals surface area (Å²) in [5.74, 6) is -0.164. The number of likely N-dealkylation sites (tertiary alicyclic amines) is 1. The van der Waals surface area contributed by atoms with E-state index in [0.717, 1.165) is 50.0 Å². The maximum atomic E-state index is 14.1. The number of methoxy groups -OCH3 is 1. The van der Waals surface area contributed by atoms with Crippen molar-refractivity contribution in [2.24, 2.45) is 0 Å². The molecule has 1 unspecified atom stereocenters. The lowest BCUT2D eigenvalue weighted by atomic mass is 9.90. The van der Waals surface area contributed by atoms with Gasteiger partial charge in [-0.05, 0) is 93.7 Å². The molecule has 10 heteroatoms. The van der Waals surface area contributed by atoms with Gasteiger partial charge in [-0.1, -0.05) is 35.3 Å². The average Bonchev–Trinajstić information content (AvgIpc) is 3.19. The number of nitrogens with one attached hydrogen (secondary N) is 1. The predicted molar refractivity (Wildman–Crippen MR) is 175 cm³/mol. The molecular formula is C34H38Cl2N4O4. The zero-order chi connectivity index (χ0) is 31.4. The zero-order valence-corrected chi connectivity index (χ0v) is 26.8. The largest absolute Gasteiger partial charge is 0.496 e. The Kier molecular flexibility index (Phi) is 10.1. The Balaban J connectivity index is 1.35. The van der Waals surface area contributed by atoms with Gasteiger partial charge in [-0.3, -0.25) is 14.4 Å². The first-order valence-electron chi connectivity index (χ1n) is 15.0. The molecule has 3 aromatic rings. The van der Waals surface area contributed by atoms with Crippen molar-refractivity contribution >= 4 is 52.3 Å². The fourth-order valence-electron chi connectivity index (χ4n) is 6.20. The number of anilines is 2. The minimum atomic E-state index is -0.363. The van der Waals surface area contributed by atoms with Crippen LogP contribution in [0.15, 0.2) is 60.7 Å². The van der Waals surface area contributed by atoms with Crippen LogP contribution in [0.1, 0.15) is 64.3 Å². The van der Waals surface area contributed by atoms with E-state index in [-0.39, 0.29) is 23.6 Å². The summed E-state index contributed by atoms with van der Waals surface area (Å²) in [4.78, 5) is 46.3. The predicted octanol–water partition coefficient (Wildman–Crippen LogP) is 6.72. The second-order valence-electron chi connectivity index (χ2n) is 11.6. The normalized spacial score (nSPS) is 17.2. The number of carbonyl (C=O) groups is 3. The summed E-state index contributed by atoms with van der Waals surface area (Å²) in [6, 6.07) is 17.8. The minimum Gasteiger partial charge on any atom is -0.496 e. The summed E-state index contributed by atoms with van der Waals surface area (Å²) in [5, 5.41) is 3.74. The monoisotopic (exact) mass is 636 g/mol. The Bertz CT molecular complexity index is 1540. The molecule has 0 saturated carbocycles. The lowest BCUT2D eigenvalue weighted by molar-refractivity contribution is -0.133. The molecule has 0 bridgehead atoms. The first kappa shape index (κ1) is 31.8. The number of amides is 3. The summed E-state index contributed by atoms with van der Waals surface area (Å²) in [6.07, 6.45) is 3.82. The Morgan fingerprint density at radius 3 is 2.39 bits per heavy atom. The highest BCUT2D eigenvalue weighted by Crippen LogP contribution is 2.40. The van der Waals surface area contributed by atoms with E-state index in [4.69, 9.17) is 27.9 Å². The quantitative estimate of drug-likeness (QED) is 0.311. The molecule has 2 aliphatic rings. The molecule has 3 amide bonds. The number of halogens is 2. The van der Waals surface area contributed by atoms with Crippen LogP contribution in [0.4, 0.5) is 11.4 Å². The van der Waals surface area contributed by atoms with Crippen molar-refractivity contribution in [2.45, 2.75) is 44.1 Å². The average molecular weight is 638 g/mol. The number of rotatable bonds is 7. The van der Waals surface area contributed by atoms with Crippen LogP contribution >= 0.6 is 23.2 Å². The molecule has 0 aromatic heterocycles. The van der Waals surface area contributed by atoms with Gasteiger partial charge in [-0.2, -0.15) is 0 Å². The number of hydrogen-bond acceptors (Lipinski definition) is 5. The highest BCUT2D eigenvalue weighted by molar-refractivity contribution is 6.34. The Morgan fingerprint density at radius 1 is 0.932 bits per heavy atom. The first-order chi connectivity index (χ1) is 21.2. The van der Waals surface area contributed by atoms with Gasteiger partial charge in [-0.15, -0.1) is 0 Å². The van der Waals surface area contributed by atoms with E-state index < -0.39 is 0 Å². The molecule has 0 aliphatic carbocycles. The van der Waals surface area contributed by atoms with Crippen LogP contribution in [-0.2, 0) is 4.79 Å². The Morgan fingerprint density at radius 2 is 1.68 bits per heavy atom. The number of nitrogens with zero attached hydrogens (tertiary/aromatic N) is 3. The molecule has 1 saturated heterocycles. The lowest BCUT2D eigenvalue weighted by Crippen LogP contribution is -2.44. The van der Waals surface area contributed by atoms with Crippen LogP contribution in [-0.4, -0.2) is 74.4 Å². The van der Waals surface area contributed by atoms with E-state index >= 15 is 0 Å². The number of carbonyl (C=O) groups excluding carboxylic acids is 3. The second kappa shape index (κ2) is 14.0. The van der Waals surface area contributed by atoms with E-state index in [1.54, 1.807) is 53.4 Å². The van der Waals surface area contributed by atoms with Gasteiger partial charge in [0, 0.05) is 54.6 Å². The summed E-state index contributed by atoms with van der Waals surface area (Å²) in [5.41, 5.74) is 2.84. The zero-order valence-electron chi connectivity index (χ0n) is 25.3. The van der Waals surface area contributed by atoms with Gasteiger partial charge in [-0.25, -0.2) is 0 Å². The Labute approximate surface area is 268 Å². The van der Waals surface area contributed by atoms with E-state index in [2.05, 4.69) is 24.3 Å². The van der Waals surface area contributed by atoms with E-state index in [1.807, 2.05) is 17.0 Å². The van der Waals surface area contributed by atoms with Crippen molar-refractivity contribution in [3.05, 3.63) is 87.4 Å². The molecule has 5 rings (SSSR count). The van der Waals surface area contributed by atoms with Gasteiger partial charge >= 0.3 is 0 Å². The molecule has 8 nitrogen and oxygen atoms in total. The summed E-state index contributed by atoms with van der Waals surface area (Å²) >= 11 is 12.7. The van der Waals surface area contributed by atoms with E-state index in [9.17, 15) is 14.4 Å². The van der Waals surface area contributed by atoms with Crippen molar-refractivity contribution < 1.29 is 19.1 Å². The van der Waals surface area contributed by atoms with Gasteiger partial charge in [0.15, 0.2) is 0 Å². The molecule has 0 spiro atoms. The summed E-state index contributed by atoms with van der Waals surface area (Å²) in [7, 11) is 5.67. The SMILES string of the molecule is COc1cc(NC(=O)c2ccccc2Cl)ccc1C(=O)N1CCCC(CC(=O)N2CCC(N(C)C)CC2)c2cc(Cl)ccc21. The first-order valence-corrected chi connectivity index (χ1v) is 15.7. The van der Waals surface area contributed by atoms with Gasteiger partial charge in [0.05, 0.1) is 23.3 Å². The molecule has 232 valence electrons. The Hall–Kier alpha value is -3.59. The number of benzene rings is 3. The highest BCUT2D eigenvalue weighted by atomic mass is 35.5. The molecule has 0 radical (unpaired) electrons. The van der Waals surface area contributed by atoms with Crippen molar-refractivity contribution in [3.63, 3.8) is 0 Å². The van der Waals surface area contributed by atoms with Crippen LogP contribution in [0, 0.1) is 0 Å². The minimum absolute atomic E-state index is 0.0510. The van der Waals surface area contributed by atoms with Crippen LogP contribution in [0.5, 0.6) is 5.75 Å². The number of ether oxygens (including phenoxy) is 1. The topological polar surface area (TPSA) is 82.2 Å². The van der Waals surface area contributed by atoms with Crippen LogP contribution in [0.3, 0.4) is 0 Å². The molecule has 2 aliphatic heterocycles. The van der Waals surface area contributed by atoms with E-state index in [1.165, 1.54) is 7.11 Å². The van der Waals surface area contributed by atoms with Crippen LogP contribution in [0.2, 0.25) is 10.0 Å². The van der Waals surface area contributed by atoms with Crippen molar-refractivity contribution in [1.82, 2.24) is 9.80 Å². The molecule has 44 heavy (non-hydrogen) atoms. The molecule has 1 N–H and O–H groups in total. The third-order valence-corrected chi connectivity index (χ3v) is 9.24. The molecular weight excluding hydrogens is 599 g/mol. The molecule has 3 aromatic carbocycles. The molecule has 1 fully saturated rings. The number of piperidine rings is 1. The van der Waals surface area contributed by atoms with Crippen molar-refractivity contribution in [1.29, 1.82) is 0 Å². The van der Waals surface area contributed by atoms with Gasteiger partial charge in [0.25, 0.3) is 11.8 Å². The molecule has 2 heterocycles.